The molecule has 0 saturated carbocycles. The fraction of sp³-hybridized carbons (Fsp3) is 0.143. The summed E-state index contributed by atoms with van der Waals surface area (Å²) in [5.74, 6) is 0.842. The van der Waals surface area contributed by atoms with Gasteiger partial charge in [-0.15, -0.1) is 11.3 Å². The van der Waals surface area contributed by atoms with E-state index in [1.807, 2.05) is 36.6 Å². The molecule has 0 aliphatic rings. The van der Waals surface area contributed by atoms with Crippen LogP contribution in [-0.2, 0) is 0 Å². The predicted molar refractivity (Wildman–Crippen MR) is 74.3 cm³/mol. The van der Waals surface area contributed by atoms with Crippen molar-refractivity contribution in [2.24, 2.45) is 0 Å². The van der Waals surface area contributed by atoms with Crippen molar-refractivity contribution in [1.82, 2.24) is 10.1 Å². The van der Waals surface area contributed by atoms with Crippen LogP contribution in [0.1, 0.15) is 5.69 Å². The van der Waals surface area contributed by atoms with Gasteiger partial charge in [-0.05, 0) is 31.2 Å². The second-order valence-electron chi connectivity index (χ2n) is 4.08. The van der Waals surface area contributed by atoms with E-state index in [0.717, 1.165) is 33.3 Å². The van der Waals surface area contributed by atoms with E-state index < -0.39 is 0 Å². The van der Waals surface area contributed by atoms with Crippen LogP contribution in [0.25, 0.3) is 21.8 Å². The molecule has 3 rings (SSSR count). The van der Waals surface area contributed by atoms with Crippen molar-refractivity contribution >= 4 is 11.3 Å². The second-order valence-corrected chi connectivity index (χ2v) is 4.94. The largest absolute Gasteiger partial charge is 0.497 e. The van der Waals surface area contributed by atoms with Crippen LogP contribution in [0.2, 0.25) is 0 Å². The van der Waals surface area contributed by atoms with Crippen LogP contribution in [0.5, 0.6) is 5.75 Å². The summed E-state index contributed by atoms with van der Waals surface area (Å²) < 4.78 is 10.1. The standard InChI is InChI=1S/C14H12N2O2S/c1-9-12(7-18-16-9)14-15-13(8-19-14)10-3-5-11(17-2)6-4-10/h3-8H,1-2H3. The number of hydrogen-bond donors (Lipinski definition) is 0. The Morgan fingerprint density at radius 1 is 1.21 bits per heavy atom. The monoisotopic (exact) mass is 272 g/mol. The van der Waals surface area contributed by atoms with E-state index in [-0.39, 0.29) is 0 Å². The maximum atomic E-state index is 5.15. The van der Waals surface area contributed by atoms with Gasteiger partial charge in [0.1, 0.15) is 17.0 Å². The van der Waals surface area contributed by atoms with Crippen molar-refractivity contribution in [3.63, 3.8) is 0 Å². The lowest BCUT2D eigenvalue weighted by Crippen LogP contribution is -1.83. The summed E-state index contributed by atoms with van der Waals surface area (Å²) in [7, 11) is 1.66. The number of hydrogen-bond acceptors (Lipinski definition) is 5. The summed E-state index contributed by atoms with van der Waals surface area (Å²) in [5, 5.41) is 6.83. The molecule has 0 aliphatic heterocycles. The molecule has 4 nitrogen and oxygen atoms in total. The highest BCUT2D eigenvalue weighted by molar-refractivity contribution is 7.13. The highest BCUT2D eigenvalue weighted by Crippen LogP contribution is 2.30. The lowest BCUT2D eigenvalue weighted by Gasteiger charge is -2.00. The zero-order chi connectivity index (χ0) is 13.2. The molecule has 5 heteroatoms. The first-order chi connectivity index (χ1) is 9.28. The fourth-order valence-electron chi connectivity index (χ4n) is 1.79. The van der Waals surface area contributed by atoms with Crippen molar-refractivity contribution < 1.29 is 9.26 Å². The van der Waals surface area contributed by atoms with Gasteiger partial charge in [0.2, 0.25) is 0 Å². The number of methoxy groups -OCH3 is 1. The molecule has 0 atom stereocenters. The third kappa shape index (κ3) is 2.24. The molecule has 0 aliphatic carbocycles. The zero-order valence-electron chi connectivity index (χ0n) is 10.6. The highest BCUT2D eigenvalue weighted by Gasteiger charge is 2.11. The van der Waals surface area contributed by atoms with E-state index in [9.17, 15) is 0 Å². The molecule has 0 N–H and O–H groups in total. The Kier molecular flexibility index (Phi) is 3.05. The Labute approximate surface area is 114 Å². The molecule has 2 heterocycles. The van der Waals surface area contributed by atoms with Gasteiger partial charge in [-0.3, -0.25) is 0 Å². The summed E-state index contributed by atoms with van der Waals surface area (Å²) in [5.41, 5.74) is 3.82. The Morgan fingerprint density at radius 3 is 2.63 bits per heavy atom. The molecule has 96 valence electrons. The molecular weight excluding hydrogens is 260 g/mol. The first-order valence-electron chi connectivity index (χ1n) is 5.79. The summed E-state index contributed by atoms with van der Waals surface area (Å²) in [4.78, 5) is 4.62. The topological polar surface area (TPSA) is 48.2 Å². The SMILES string of the molecule is COc1ccc(-c2csc(-c3conc3C)n2)cc1. The first kappa shape index (κ1) is 11.9. The molecule has 0 saturated heterocycles. The Hall–Kier alpha value is -2.14. The summed E-state index contributed by atoms with van der Waals surface area (Å²) in [6, 6.07) is 7.86. The highest BCUT2D eigenvalue weighted by atomic mass is 32.1. The number of benzene rings is 1. The van der Waals surface area contributed by atoms with Crippen LogP contribution < -0.4 is 4.74 Å². The Morgan fingerprint density at radius 2 is 2.00 bits per heavy atom. The minimum absolute atomic E-state index is 0.842. The molecule has 1 aromatic carbocycles. The maximum Gasteiger partial charge on any atom is 0.134 e. The lowest BCUT2D eigenvalue weighted by atomic mass is 10.2. The average Bonchev–Trinajstić information content (AvgIpc) is 3.07. The van der Waals surface area contributed by atoms with Crippen molar-refractivity contribution in [3.8, 4) is 27.6 Å². The van der Waals surface area contributed by atoms with Crippen LogP contribution in [0.15, 0.2) is 40.4 Å². The Bertz CT molecular complexity index is 686. The van der Waals surface area contributed by atoms with E-state index in [2.05, 4.69) is 10.1 Å². The molecule has 19 heavy (non-hydrogen) atoms. The molecule has 0 radical (unpaired) electrons. The van der Waals surface area contributed by atoms with Gasteiger partial charge in [-0.25, -0.2) is 4.98 Å². The molecular formula is C14H12N2O2S. The zero-order valence-corrected chi connectivity index (χ0v) is 11.4. The van der Waals surface area contributed by atoms with Crippen molar-refractivity contribution in [2.75, 3.05) is 7.11 Å². The van der Waals surface area contributed by atoms with Crippen molar-refractivity contribution in [2.45, 2.75) is 6.92 Å². The maximum absolute atomic E-state index is 5.15. The van der Waals surface area contributed by atoms with E-state index in [1.54, 1.807) is 24.7 Å². The molecule has 0 fully saturated rings. The number of aromatic nitrogens is 2. The number of ether oxygens (including phenoxy) is 1. The quantitative estimate of drug-likeness (QED) is 0.728. The summed E-state index contributed by atoms with van der Waals surface area (Å²) in [6.45, 7) is 1.91. The second kappa shape index (κ2) is 4.85. The van der Waals surface area contributed by atoms with Gasteiger partial charge < -0.3 is 9.26 Å². The minimum atomic E-state index is 0.842. The molecule has 0 amide bonds. The van der Waals surface area contributed by atoms with Crippen molar-refractivity contribution in [1.29, 1.82) is 0 Å². The molecule has 0 unspecified atom stereocenters. The van der Waals surface area contributed by atoms with Crippen LogP contribution in [0.4, 0.5) is 0 Å². The normalized spacial score (nSPS) is 10.6. The van der Waals surface area contributed by atoms with Crippen LogP contribution in [0.3, 0.4) is 0 Å². The van der Waals surface area contributed by atoms with Gasteiger partial charge in [0.05, 0.1) is 24.1 Å². The Balaban J connectivity index is 1.94. The van der Waals surface area contributed by atoms with E-state index in [1.165, 1.54) is 0 Å². The molecule has 0 bridgehead atoms. The van der Waals surface area contributed by atoms with E-state index >= 15 is 0 Å². The number of nitrogens with zero attached hydrogens (tertiary/aromatic N) is 2. The van der Waals surface area contributed by atoms with E-state index in [4.69, 9.17) is 9.26 Å². The van der Waals surface area contributed by atoms with Crippen LogP contribution in [0, 0.1) is 6.92 Å². The number of aryl methyl sites for hydroxylation is 1. The van der Waals surface area contributed by atoms with E-state index in [0.29, 0.717) is 0 Å². The third-order valence-electron chi connectivity index (χ3n) is 2.87. The molecule has 3 aromatic rings. The first-order valence-corrected chi connectivity index (χ1v) is 6.67. The summed E-state index contributed by atoms with van der Waals surface area (Å²) >= 11 is 1.58. The number of rotatable bonds is 3. The number of thiazole rings is 1. The molecule has 0 spiro atoms. The summed E-state index contributed by atoms with van der Waals surface area (Å²) in [6.07, 6.45) is 1.63. The van der Waals surface area contributed by atoms with Gasteiger partial charge in [-0.2, -0.15) is 0 Å². The van der Waals surface area contributed by atoms with Gasteiger partial charge in [-0.1, -0.05) is 5.16 Å². The lowest BCUT2D eigenvalue weighted by molar-refractivity contribution is 0.415. The van der Waals surface area contributed by atoms with Gasteiger partial charge >= 0.3 is 0 Å². The molecule has 2 aromatic heterocycles. The predicted octanol–water partition coefficient (Wildman–Crippen LogP) is 3.78. The smallest absolute Gasteiger partial charge is 0.134 e. The fourth-order valence-corrected chi connectivity index (χ4v) is 2.68. The average molecular weight is 272 g/mol. The van der Waals surface area contributed by atoms with Gasteiger partial charge in [0, 0.05) is 10.9 Å². The van der Waals surface area contributed by atoms with Crippen LogP contribution in [-0.4, -0.2) is 17.3 Å². The third-order valence-corrected chi connectivity index (χ3v) is 3.75. The van der Waals surface area contributed by atoms with Gasteiger partial charge in [0.15, 0.2) is 0 Å². The van der Waals surface area contributed by atoms with Gasteiger partial charge in [0.25, 0.3) is 0 Å². The van der Waals surface area contributed by atoms with Crippen molar-refractivity contribution in [3.05, 3.63) is 41.6 Å². The van der Waals surface area contributed by atoms with Crippen LogP contribution >= 0.6 is 11.3 Å². The minimum Gasteiger partial charge on any atom is -0.497 e.